The smallest absolute Gasteiger partial charge is 0.293 e. The molecule has 1 atom stereocenters. The minimum atomic E-state index is -0.0263. The minimum Gasteiger partial charge on any atom is -0.383 e. The van der Waals surface area contributed by atoms with Crippen LogP contribution in [0.1, 0.15) is 32.7 Å². The molecule has 0 bridgehead atoms. The minimum absolute atomic E-state index is 0.0263. The molecule has 0 radical (unpaired) electrons. The maximum absolute atomic E-state index is 12.6. The largest absolute Gasteiger partial charge is 0.383 e. The Bertz CT molecular complexity index is 495. The highest BCUT2D eigenvalue weighted by atomic mass is 16.5. The topological polar surface area (TPSA) is 59.4 Å². The van der Waals surface area contributed by atoms with Crippen molar-refractivity contribution in [1.82, 2.24) is 14.9 Å². The van der Waals surface area contributed by atoms with Gasteiger partial charge in [0.1, 0.15) is 0 Å². The molecule has 1 aliphatic heterocycles. The Labute approximate surface area is 126 Å². The fraction of sp³-hybridized carbons (Fsp3) is 0.733. The first-order valence-electron chi connectivity index (χ1n) is 7.68. The normalized spacial score (nSPS) is 18.4. The summed E-state index contributed by atoms with van der Waals surface area (Å²) in [7, 11) is 1.68. The Morgan fingerprint density at radius 3 is 3.00 bits per heavy atom. The van der Waals surface area contributed by atoms with Gasteiger partial charge in [-0.3, -0.25) is 4.79 Å². The second kappa shape index (κ2) is 7.56. The first kappa shape index (κ1) is 16.0. The molecule has 0 aromatic carbocycles. The molecule has 1 saturated heterocycles. The average Bonchev–Trinajstić information content (AvgIpc) is 2.96. The number of nitrogens with one attached hydrogen (secondary N) is 1. The van der Waals surface area contributed by atoms with Gasteiger partial charge >= 0.3 is 0 Å². The van der Waals surface area contributed by atoms with Gasteiger partial charge in [0.25, 0.3) is 5.56 Å². The Morgan fingerprint density at radius 2 is 2.38 bits per heavy atom. The van der Waals surface area contributed by atoms with Gasteiger partial charge in [0.05, 0.1) is 6.61 Å². The molecule has 1 N–H and O–H groups in total. The van der Waals surface area contributed by atoms with Crippen molar-refractivity contribution >= 4 is 5.82 Å². The zero-order valence-electron chi connectivity index (χ0n) is 13.2. The van der Waals surface area contributed by atoms with Gasteiger partial charge in [0, 0.05) is 44.7 Å². The lowest BCUT2D eigenvalue weighted by Gasteiger charge is -2.26. The van der Waals surface area contributed by atoms with E-state index in [1.165, 1.54) is 6.42 Å². The number of hydrogen-bond donors (Lipinski definition) is 1. The van der Waals surface area contributed by atoms with Gasteiger partial charge in [-0.15, -0.1) is 0 Å². The molecule has 1 aromatic heterocycles. The number of rotatable bonds is 7. The molecule has 2 heterocycles. The van der Waals surface area contributed by atoms with E-state index in [0.717, 1.165) is 19.5 Å². The second-order valence-corrected chi connectivity index (χ2v) is 5.79. The first-order valence-corrected chi connectivity index (χ1v) is 7.68. The van der Waals surface area contributed by atoms with Crippen LogP contribution in [0.15, 0.2) is 17.2 Å². The lowest BCUT2D eigenvalue weighted by atomic mass is 10.2. The van der Waals surface area contributed by atoms with E-state index >= 15 is 0 Å². The van der Waals surface area contributed by atoms with Crippen LogP contribution in [-0.2, 0) is 4.74 Å². The first-order chi connectivity index (χ1) is 10.1. The van der Waals surface area contributed by atoms with Crippen LogP contribution >= 0.6 is 0 Å². The van der Waals surface area contributed by atoms with Crippen LogP contribution in [0.25, 0.3) is 0 Å². The van der Waals surface area contributed by atoms with Gasteiger partial charge in [-0.05, 0) is 33.2 Å². The van der Waals surface area contributed by atoms with Crippen LogP contribution in [0.3, 0.4) is 0 Å². The Balaban J connectivity index is 2.22. The third-order valence-electron chi connectivity index (χ3n) is 3.87. The van der Waals surface area contributed by atoms with E-state index in [-0.39, 0.29) is 11.6 Å². The lowest BCUT2D eigenvalue weighted by molar-refractivity contribution is 0.204. The average molecular weight is 294 g/mol. The van der Waals surface area contributed by atoms with E-state index < -0.39 is 0 Å². The number of anilines is 1. The van der Waals surface area contributed by atoms with Crippen molar-refractivity contribution in [1.29, 1.82) is 0 Å². The van der Waals surface area contributed by atoms with Crippen LogP contribution in [0.4, 0.5) is 5.82 Å². The predicted octanol–water partition coefficient (Wildman–Crippen LogP) is 1.03. The molecule has 0 saturated carbocycles. The molecule has 0 spiro atoms. The highest BCUT2D eigenvalue weighted by Crippen LogP contribution is 2.12. The van der Waals surface area contributed by atoms with Crippen molar-refractivity contribution in [3.8, 4) is 0 Å². The molecule has 1 fully saturated rings. The van der Waals surface area contributed by atoms with E-state index in [9.17, 15) is 4.79 Å². The van der Waals surface area contributed by atoms with E-state index in [1.54, 1.807) is 24.1 Å². The quantitative estimate of drug-likeness (QED) is 0.814. The maximum Gasteiger partial charge on any atom is 0.293 e. The molecular formula is C15H26N4O2. The van der Waals surface area contributed by atoms with Crippen molar-refractivity contribution < 1.29 is 4.74 Å². The molecule has 1 aromatic rings. The van der Waals surface area contributed by atoms with Gasteiger partial charge in [0.2, 0.25) is 0 Å². The van der Waals surface area contributed by atoms with Gasteiger partial charge in [-0.25, -0.2) is 4.98 Å². The highest BCUT2D eigenvalue weighted by molar-refractivity contribution is 5.36. The van der Waals surface area contributed by atoms with E-state index in [4.69, 9.17) is 4.74 Å². The Hall–Kier alpha value is -1.40. The van der Waals surface area contributed by atoms with Gasteiger partial charge in [-0.2, -0.15) is 0 Å². The molecule has 1 aliphatic rings. The van der Waals surface area contributed by atoms with Crippen molar-refractivity contribution in [2.45, 2.75) is 38.8 Å². The SMILES string of the molecule is COCCN(CC1CCCN1)c1nccn(C(C)C)c1=O. The van der Waals surface area contributed by atoms with E-state index in [0.29, 0.717) is 25.0 Å². The molecule has 0 amide bonds. The number of nitrogens with zero attached hydrogens (tertiary/aromatic N) is 3. The molecule has 118 valence electrons. The molecule has 6 nitrogen and oxygen atoms in total. The van der Waals surface area contributed by atoms with Crippen LogP contribution in [0, 0.1) is 0 Å². The lowest BCUT2D eigenvalue weighted by Crippen LogP contribution is -2.43. The zero-order valence-corrected chi connectivity index (χ0v) is 13.2. The predicted molar refractivity (Wildman–Crippen MR) is 84.0 cm³/mol. The number of ether oxygens (including phenoxy) is 1. The van der Waals surface area contributed by atoms with Gasteiger partial charge in [-0.1, -0.05) is 0 Å². The fourth-order valence-corrected chi connectivity index (χ4v) is 2.70. The summed E-state index contributed by atoms with van der Waals surface area (Å²) in [6.07, 6.45) is 5.80. The zero-order chi connectivity index (χ0) is 15.2. The number of methoxy groups -OCH3 is 1. The molecule has 0 aliphatic carbocycles. The van der Waals surface area contributed by atoms with Crippen LogP contribution in [0.2, 0.25) is 0 Å². The summed E-state index contributed by atoms with van der Waals surface area (Å²) in [5.74, 6) is 0.525. The van der Waals surface area contributed by atoms with Crippen molar-refractivity contribution in [3.63, 3.8) is 0 Å². The molecular weight excluding hydrogens is 268 g/mol. The Morgan fingerprint density at radius 1 is 1.57 bits per heavy atom. The standard InChI is InChI=1S/C15H26N4O2/c1-12(2)19-8-7-17-14(15(19)20)18(9-10-21-3)11-13-5-4-6-16-13/h7-8,12-13,16H,4-6,9-11H2,1-3H3. The summed E-state index contributed by atoms with van der Waals surface area (Å²) in [5, 5.41) is 3.47. The summed E-state index contributed by atoms with van der Waals surface area (Å²) < 4.78 is 6.90. The molecule has 6 heteroatoms. The summed E-state index contributed by atoms with van der Waals surface area (Å²) in [6, 6.07) is 0.559. The van der Waals surface area contributed by atoms with Crippen LogP contribution in [-0.4, -0.2) is 48.9 Å². The number of aromatic nitrogens is 2. The van der Waals surface area contributed by atoms with Crippen LogP contribution in [0.5, 0.6) is 0 Å². The van der Waals surface area contributed by atoms with E-state index in [1.807, 2.05) is 18.7 Å². The summed E-state index contributed by atoms with van der Waals surface area (Å²) in [4.78, 5) is 19.0. The van der Waals surface area contributed by atoms with Crippen molar-refractivity contribution in [3.05, 3.63) is 22.7 Å². The summed E-state index contributed by atoms with van der Waals surface area (Å²) in [5.41, 5.74) is -0.0263. The fourth-order valence-electron chi connectivity index (χ4n) is 2.70. The molecule has 1 unspecified atom stereocenters. The third kappa shape index (κ3) is 4.04. The third-order valence-corrected chi connectivity index (χ3v) is 3.87. The maximum atomic E-state index is 12.6. The van der Waals surface area contributed by atoms with Crippen molar-refractivity contribution in [2.24, 2.45) is 0 Å². The van der Waals surface area contributed by atoms with Gasteiger partial charge in [0.15, 0.2) is 5.82 Å². The molecule has 21 heavy (non-hydrogen) atoms. The summed E-state index contributed by atoms with van der Waals surface area (Å²) in [6.45, 7) is 7.13. The second-order valence-electron chi connectivity index (χ2n) is 5.79. The summed E-state index contributed by atoms with van der Waals surface area (Å²) >= 11 is 0. The highest BCUT2D eigenvalue weighted by Gasteiger charge is 2.21. The number of hydrogen-bond acceptors (Lipinski definition) is 5. The monoisotopic (exact) mass is 294 g/mol. The van der Waals surface area contributed by atoms with Crippen molar-refractivity contribution in [2.75, 3.05) is 38.3 Å². The Kier molecular flexibility index (Phi) is 5.76. The van der Waals surface area contributed by atoms with E-state index in [2.05, 4.69) is 10.3 Å². The molecule has 2 rings (SSSR count). The van der Waals surface area contributed by atoms with Gasteiger partial charge < -0.3 is 19.5 Å². The van der Waals surface area contributed by atoms with Crippen LogP contribution < -0.4 is 15.8 Å².